The lowest BCUT2D eigenvalue weighted by Crippen LogP contribution is -2.64. The Morgan fingerprint density at radius 3 is 2.86 bits per heavy atom. The van der Waals surface area contributed by atoms with Crippen LogP contribution in [0.2, 0.25) is 0 Å². The largest absolute Gasteiger partial charge is 0.385 e. The quantitative estimate of drug-likeness (QED) is 0.463. The van der Waals surface area contributed by atoms with E-state index in [0.29, 0.717) is 24.2 Å². The summed E-state index contributed by atoms with van der Waals surface area (Å²) in [6.07, 6.45) is 7.36. The molecule has 0 unspecified atom stereocenters. The fourth-order valence-corrected chi connectivity index (χ4v) is 5.21. The van der Waals surface area contributed by atoms with Crippen LogP contribution in [0.4, 0.5) is 0 Å². The summed E-state index contributed by atoms with van der Waals surface area (Å²) in [5, 5.41) is 15.1. The van der Waals surface area contributed by atoms with Crippen molar-refractivity contribution in [2.75, 3.05) is 13.7 Å². The Labute approximate surface area is 212 Å². The fraction of sp³-hybridized carbons (Fsp3) is 0.429. The van der Waals surface area contributed by atoms with E-state index in [4.69, 9.17) is 10.1 Å². The molecule has 3 atom stereocenters. The number of nitrogens with one attached hydrogen (secondary N) is 3. The van der Waals surface area contributed by atoms with Crippen LogP contribution in [0.5, 0.6) is 0 Å². The minimum Gasteiger partial charge on any atom is -0.385 e. The predicted octanol–water partition coefficient (Wildman–Crippen LogP) is 3.91. The van der Waals surface area contributed by atoms with Crippen molar-refractivity contribution in [2.24, 2.45) is 5.92 Å². The highest BCUT2D eigenvalue weighted by atomic mass is 16.5. The van der Waals surface area contributed by atoms with E-state index in [2.05, 4.69) is 34.3 Å². The second-order valence-corrected chi connectivity index (χ2v) is 9.88. The second kappa shape index (κ2) is 10.6. The van der Waals surface area contributed by atoms with E-state index in [1.165, 1.54) is 16.7 Å². The van der Waals surface area contributed by atoms with E-state index in [1.807, 2.05) is 26.0 Å². The second-order valence-electron chi connectivity index (χ2n) is 9.88. The molecule has 2 amide bonds. The SMILES string of the molecule is C=C[C@@]1(C(C)C)CC(=O)N([C@H](CCOC)c2cncc(C(=O)N[C@H]3CCc4ccccc43)c2)C(=N)N1. The predicted molar refractivity (Wildman–Crippen MR) is 139 cm³/mol. The summed E-state index contributed by atoms with van der Waals surface area (Å²) < 4.78 is 5.31. The van der Waals surface area contributed by atoms with Crippen molar-refractivity contribution < 1.29 is 14.3 Å². The van der Waals surface area contributed by atoms with Gasteiger partial charge < -0.3 is 15.4 Å². The smallest absolute Gasteiger partial charge is 0.253 e. The molecule has 2 aromatic rings. The minimum absolute atomic E-state index is 0.0124. The molecule has 4 rings (SSSR count). The number of benzene rings is 1. The number of pyridine rings is 1. The first-order valence-corrected chi connectivity index (χ1v) is 12.4. The van der Waals surface area contributed by atoms with Crippen LogP contribution in [0, 0.1) is 11.3 Å². The summed E-state index contributed by atoms with van der Waals surface area (Å²) in [5.74, 6) is -0.294. The lowest BCUT2D eigenvalue weighted by Gasteiger charge is -2.46. The van der Waals surface area contributed by atoms with Crippen LogP contribution < -0.4 is 10.6 Å². The maximum atomic E-state index is 13.4. The van der Waals surface area contributed by atoms with Gasteiger partial charge in [0.25, 0.3) is 5.91 Å². The molecule has 2 aliphatic rings. The first-order chi connectivity index (χ1) is 17.3. The van der Waals surface area contributed by atoms with Gasteiger partial charge in [-0.2, -0.15) is 0 Å². The third-order valence-electron chi connectivity index (χ3n) is 7.45. The molecular formula is C28H35N5O3. The molecule has 0 radical (unpaired) electrons. The molecule has 0 saturated carbocycles. The van der Waals surface area contributed by atoms with E-state index >= 15 is 0 Å². The molecule has 1 fully saturated rings. The molecule has 0 bridgehead atoms. The average molecular weight is 490 g/mol. The molecular weight excluding hydrogens is 454 g/mol. The summed E-state index contributed by atoms with van der Waals surface area (Å²) in [7, 11) is 1.60. The van der Waals surface area contributed by atoms with Crippen LogP contribution in [-0.4, -0.2) is 46.9 Å². The number of ether oxygens (including phenoxy) is 1. The van der Waals surface area contributed by atoms with Crippen molar-refractivity contribution in [2.45, 2.75) is 57.2 Å². The molecule has 8 heteroatoms. The van der Waals surface area contributed by atoms with Gasteiger partial charge in [0.2, 0.25) is 5.91 Å². The van der Waals surface area contributed by atoms with Gasteiger partial charge in [-0.05, 0) is 47.9 Å². The third-order valence-corrected chi connectivity index (χ3v) is 7.45. The van der Waals surface area contributed by atoms with E-state index in [1.54, 1.807) is 25.4 Å². The monoisotopic (exact) mass is 489 g/mol. The Hall–Kier alpha value is -3.52. The summed E-state index contributed by atoms with van der Waals surface area (Å²) in [5.41, 5.74) is 2.85. The number of amides is 2. The number of aryl methyl sites for hydroxylation is 1. The molecule has 1 aromatic carbocycles. The summed E-state index contributed by atoms with van der Waals surface area (Å²) in [6.45, 7) is 8.29. The van der Waals surface area contributed by atoms with Gasteiger partial charge in [-0.3, -0.25) is 24.9 Å². The van der Waals surface area contributed by atoms with E-state index in [0.717, 1.165) is 18.4 Å². The number of rotatable bonds is 9. The molecule has 0 spiro atoms. The Bertz CT molecular complexity index is 1140. The van der Waals surface area contributed by atoms with Crippen molar-refractivity contribution in [1.29, 1.82) is 5.41 Å². The highest BCUT2D eigenvalue weighted by molar-refractivity contribution is 6.00. The number of guanidine groups is 1. The van der Waals surface area contributed by atoms with E-state index in [9.17, 15) is 9.59 Å². The third kappa shape index (κ3) is 4.91. The maximum Gasteiger partial charge on any atom is 0.253 e. The Morgan fingerprint density at radius 1 is 1.39 bits per heavy atom. The fourth-order valence-electron chi connectivity index (χ4n) is 5.21. The Kier molecular flexibility index (Phi) is 7.54. The lowest BCUT2D eigenvalue weighted by molar-refractivity contribution is -0.132. The van der Waals surface area contributed by atoms with Crippen molar-refractivity contribution in [1.82, 2.24) is 20.5 Å². The van der Waals surface area contributed by atoms with Gasteiger partial charge in [-0.1, -0.05) is 44.2 Å². The average Bonchev–Trinajstić information content (AvgIpc) is 3.28. The van der Waals surface area contributed by atoms with Crippen LogP contribution in [0.3, 0.4) is 0 Å². The zero-order chi connectivity index (χ0) is 25.9. The Morgan fingerprint density at radius 2 is 2.17 bits per heavy atom. The summed E-state index contributed by atoms with van der Waals surface area (Å²) in [6, 6.07) is 9.40. The minimum atomic E-state index is -0.673. The van der Waals surface area contributed by atoms with Crippen molar-refractivity contribution in [3.8, 4) is 0 Å². The molecule has 3 N–H and O–H groups in total. The zero-order valence-electron chi connectivity index (χ0n) is 21.2. The topological polar surface area (TPSA) is 107 Å². The Balaban J connectivity index is 1.58. The molecule has 190 valence electrons. The molecule has 8 nitrogen and oxygen atoms in total. The highest BCUT2D eigenvalue weighted by Crippen LogP contribution is 2.34. The first kappa shape index (κ1) is 25.6. The summed E-state index contributed by atoms with van der Waals surface area (Å²) >= 11 is 0. The van der Waals surface area contributed by atoms with Gasteiger partial charge in [0.05, 0.1) is 29.6 Å². The van der Waals surface area contributed by atoms with Gasteiger partial charge in [0.15, 0.2) is 5.96 Å². The molecule has 1 aromatic heterocycles. The number of fused-ring (bicyclic) bond motifs is 1. The number of carbonyl (C=O) groups is 2. The highest BCUT2D eigenvalue weighted by Gasteiger charge is 2.44. The normalized spacial score (nSPS) is 22.2. The van der Waals surface area contributed by atoms with Crippen molar-refractivity contribution in [3.63, 3.8) is 0 Å². The maximum absolute atomic E-state index is 13.4. The number of carbonyl (C=O) groups excluding carboxylic acids is 2. The molecule has 2 heterocycles. The number of hydrogen-bond donors (Lipinski definition) is 3. The van der Waals surface area contributed by atoms with Crippen LogP contribution in [-0.2, 0) is 16.0 Å². The van der Waals surface area contributed by atoms with Crippen LogP contribution >= 0.6 is 0 Å². The first-order valence-electron chi connectivity index (χ1n) is 12.4. The lowest BCUT2D eigenvalue weighted by atomic mass is 9.81. The van der Waals surface area contributed by atoms with Gasteiger partial charge in [0.1, 0.15) is 0 Å². The number of nitrogens with zero attached hydrogens (tertiary/aromatic N) is 2. The van der Waals surface area contributed by atoms with Gasteiger partial charge in [0, 0.05) is 26.1 Å². The molecule has 36 heavy (non-hydrogen) atoms. The van der Waals surface area contributed by atoms with Crippen LogP contribution in [0.1, 0.15) is 72.2 Å². The van der Waals surface area contributed by atoms with Crippen molar-refractivity contribution >= 4 is 17.8 Å². The molecule has 1 aliphatic heterocycles. The number of methoxy groups -OCH3 is 1. The van der Waals surface area contributed by atoms with Gasteiger partial charge >= 0.3 is 0 Å². The van der Waals surface area contributed by atoms with E-state index < -0.39 is 11.6 Å². The molecule has 1 saturated heterocycles. The standard InChI is InChI=1S/C28H35N5O3/c1-5-28(18(2)3)15-25(34)33(27(29)32-28)24(12-13-36-4)20-14-21(17-30-16-20)26(35)31-23-11-10-19-8-6-7-9-22(19)23/h5-9,14,16-18,23-24H,1,10-13,15H2,2-4H3,(H2,29,32)(H,31,35)/t23-,24+,28-/m0/s1. The molecule has 1 aliphatic carbocycles. The summed E-state index contributed by atoms with van der Waals surface area (Å²) in [4.78, 5) is 32.3. The van der Waals surface area contributed by atoms with Crippen LogP contribution in [0.25, 0.3) is 0 Å². The number of aromatic nitrogens is 1. The number of hydrogen-bond acceptors (Lipinski definition) is 5. The van der Waals surface area contributed by atoms with Crippen LogP contribution in [0.15, 0.2) is 55.4 Å². The van der Waals surface area contributed by atoms with Gasteiger partial charge in [-0.15, -0.1) is 6.58 Å². The van der Waals surface area contributed by atoms with Crippen molar-refractivity contribution in [3.05, 3.63) is 77.6 Å². The van der Waals surface area contributed by atoms with E-state index in [-0.39, 0.29) is 36.2 Å². The van der Waals surface area contributed by atoms with Gasteiger partial charge in [-0.25, -0.2) is 0 Å². The zero-order valence-corrected chi connectivity index (χ0v) is 21.2.